The summed E-state index contributed by atoms with van der Waals surface area (Å²) >= 11 is 3.40. The third-order valence-corrected chi connectivity index (χ3v) is 4.15. The van der Waals surface area contributed by atoms with Crippen LogP contribution in [-0.2, 0) is 6.42 Å². The Morgan fingerprint density at radius 3 is 2.57 bits per heavy atom. The molecule has 2 nitrogen and oxygen atoms in total. The predicted molar refractivity (Wildman–Crippen MR) is 80.5 cm³/mol. The van der Waals surface area contributed by atoms with Crippen LogP contribution >= 0.6 is 15.9 Å². The number of benzene rings is 2. The minimum absolute atomic E-state index is 0.0397. The van der Waals surface area contributed by atoms with Crippen molar-refractivity contribution in [2.45, 2.75) is 19.4 Å². The van der Waals surface area contributed by atoms with Crippen molar-refractivity contribution >= 4 is 15.9 Å². The van der Waals surface area contributed by atoms with Gasteiger partial charge in [0.15, 0.2) is 0 Å². The Kier molecular flexibility index (Phi) is 4.96. The first-order valence-electron chi connectivity index (χ1n) is 6.38. The number of aliphatic hydroxyl groups excluding tert-OH is 1. The number of hydrogen-bond donors (Lipinski definition) is 1. The topological polar surface area (TPSA) is 29.5 Å². The fourth-order valence-electron chi connectivity index (χ4n) is 2.11. The minimum atomic E-state index is -0.947. The van der Waals surface area contributed by atoms with Gasteiger partial charge in [0.1, 0.15) is 17.4 Å². The van der Waals surface area contributed by atoms with Crippen LogP contribution in [0.25, 0.3) is 0 Å². The molecule has 0 fully saturated rings. The SMILES string of the molecule is COc1cc(C)c(Br)cc1C(O)Cc1ccc(F)cc1F. The van der Waals surface area contributed by atoms with Crippen LogP contribution in [0.2, 0.25) is 0 Å². The molecule has 0 amide bonds. The Morgan fingerprint density at radius 1 is 1.24 bits per heavy atom. The van der Waals surface area contributed by atoms with E-state index in [0.717, 1.165) is 16.1 Å². The first-order valence-corrected chi connectivity index (χ1v) is 7.17. The van der Waals surface area contributed by atoms with Crippen molar-refractivity contribution in [3.8, 4) is 5.75 Å². The lowest BCUT2D eigenvalue weighted by Gasteiger charge is -2.17. The number of rotatable bonds is 4. The van der Waals surface area contributed by atoms with Crippen LogP contribution in [-0.4, -0.2) is 12.2 Å². The summed E-state index contributed by atoms with van der Waals surface area (Å²) in [7, 11) is 1.51. The van der Waals surface area contributed by atoms with E-state index < -0.39 is 17.7 Å². The van der Waals surface area contributed by atoms with Gasteiger partial charge < -0.3 is 9.84 Å². The van der Waals surface area contributed by atoms with Gasteiger partial charge in [0, 0.05) is 22.5 Å². The third-order valence-electron chi connectivity index (χ3n) is 3.30. The Hall–Kier alpha value is -1.46. The van der Waals surface area contributed by atoms with Crippen LogP contribution in [0.1, 0.15) is 22.8 Å². The molecule has 1 unspecified atom stereocenters. The van der Waals surface area contributed by atoms with Gasteiger partial charge in [-0.15, -0.1) is 0 Å². The second-order valence-electron chi connectivity index (χ2n) is 4.80. The summed E-state index contributed by atoms with van der Waals surface area (Å²) in [5.41, 5.74) is 1.78. The van der Waals surface area contributed by atoms with E-state index in [9.17, 15) is 13.9 Å². The Labute approximate surface area is 130 Å². The van der Waals surface area contributed by atoms with E-state index in [1.165, 1.54) is 19.2 Å². The molecule has 1 N–H and O–H groups in total. The molecule has 0 aliphatic heterocycles. The highest BCUT2D eigenvalue weighted by atomic mass is 79.9. The molecule has 0 heterocycles. The lowest BCUT2D eigenvalue weighted by molar-refractivity contribution is 0.172. The zero-order chi connectivity index (χ0) is 15.6. The lowest BCUT2D eigenvalue weighted by atomic mass is 9.99. The number of ether oxygens (including phenoxy) is 1. The summed E-state index contributed by atoms with van der Waals surface area (Å²) in [5.74, 6) is -0.772. The molecule has 0 spiro atoms. The van der Waals surface area contributed by atoms with Crippen molar-refractivity contribution in [1.29, 1.82) is 0 Å². The van der Waals surface area contributed by atoms with Crippen LogP contribution in [0.4, 0.5) is 8.78 Å². The molecule has 0 aromatic heterocycles. The largest absolute Gasteiger partial charge is 0.496 e. The summed E-state index contributed by atoms with van der Waals surface area (Å²) < 4.78 is 32.6. The molecule has 0 saturated heterocycles. The molecule has 0 aliphatic rings. The number of halogens is 3. The number of aliphatic hydroxyl groups is 1. The lowest BCUT2D eigenvalue weighted by Crippen LogP contribution is -2.06. The molecular formula is C16H15BrF2O2. The average Bonchev–Trinajstić information content (AvgIpc) is 2.44. The van der Waals surface area contributed by atoms with Crippen LogP contribution in [0.5, 0.6) is 5.75 Å². The van der Waals surface area contributed by atoms with Crippen molar-refractivity contribution in [1.82, 2.24) is 0 Å². The van der Waals surface area contributed by atoms with Gasteiger partial charge in [-0.2, -0.15) is 0 Å². The van der Waals surface area contributed by atoms with Gasteiger partial charge in [0.25, 0.3) is 0 Å². The maximum atomic E-state index is 13.7. The zero-order valence-electron chi connectivity index (χ0n) is 11.7. The van der Waals surface area contributed by atoms with Crippen molar-refractivity contribution in [3.63, 3.8) is 0 Å². The molecule has 1 atom stereocenters. The maximum absolute atomic E-state index is 13.7. The molecule has 0 saturated carbocycles. The fourth-order valence-corrected chi connectivity index (χ4v) is 2.47. The zero-order valence-corrected chi connectivity index (χ0v) is 13.2. The molecule has 21 heavy (non-hydrogen) atoms. The van der Waals surface area contributed by atoms with Crippen molar-refractivity contribution in [2.75, 3.05) is 7.11 Å². The van der Waals surface area contributed by atoms with E-state index in [4.69, 9.17) is 4.74 Å². The van der Waals surface area contributed by atoms with E-state index in [1.54, 1.807) is 12.1 Å². The maximum Gasteiger partial charge on any atom is 0.129 e. The van der Waals surface area contributed by atoms with Gasteiger partial charge in [-0.3, -0.25) is 0 Å². The average molecular weight is 357 g/mol. The second kappa shape index (κ2) is 6.54. The van der Waals surface area contributed by atoms with Crippen LogP contribution in [0, 0.1) is 18.6 Å². The van der Waals surface area contributed by atoms with Crippen LogP contribution < -0.4 is 4.74 Å². The van der Waals surface area contributed by atoms with E-state index >= 15 is 0 Å². The van der Waals surface area contributed by atoms with Gasteiger partial charge in [0.05, 0.1) is 13.2 Å². The highest BCUT2D eigenvalue weighted by Crippen LogP contribution is 2.33. The smallest absolute Gasteiger partial charge is 0.129 e. The molecule has 2 aromatic carbocycles. The monoisotopic (exact) mass is 356 g/mol. The molecule has 112 valence electrons. The van der Waals surface area contributed by atoms with E-state index in [0.29, 0.717) is 11.3 Å². The summed E-state index contributed by atoms with van der Waals surface area (Å²) in [6.07, 6.45) is -0.908. The van der Waals surface area contributed by atoms with Crippen LogP contribution in [0.3, 0.4) is 0 Å². The van der Waals surface area contributed by atoms with Gasteiger partial charge in [-0.05, 0) is 36.2 Å². The molecule has 0 radical (unpaired) electrons. The van der Waals surface area contributed by atoms with E-state index in [-0.39, 0.29) is 12.0 Å². The quantitative estimate of drug-likeness (QED) is 0.883. The second-order valence-corrected chi connectivity index (χ2v) is 5.65. The first kappa shape index (κ1) is 15.9. The van der Waals surface area contributed by atoms with Gasteiger partial charge in [-0.25, -0.2) is 8.78 Å². The summed E-state index contributed by atoms with van der Waals surface area (Å²) in [6.45, 7) is 1.91. The standard InChI is InChI=1S/C16H15BrF2O2/c1-9-5-16(21-2)12(8-13(9)17)15(20)6-10-3-4-11(18)7-14(10)19/h3-5,7-8,15,20H,6H2,1-2H3. The Bertz CT molecular complexity index is 659. The van der Waals surface area contributed by atoms with Gasteiger partial charge in [-0.1, -0.05) is 22.0 Å². The fraction of sp³-hybridized carbons (Fsp3) is 0.250. The highest BCUT2D eigenvalue weighted by molar-refractivity contribution is 9.10. The van der Waals surface area contributed by atoms with Crippen LogP contribution in [0.15, 0.2) is 34.8 Å². The number of methoxy groups -OCH3 is 1. The predicted octanol–water partition coefficient (Wildman–Crippen LogP) is 4.32. The Balaban J connectivity index is 2.31. The first-order chi connectivity index (χ1) is 9.92. The molecule has 5 heteroatoms. The van der Waals surface area contributed by atoms with E-state index in [1.807, 2.05) is 6.92 Å². The molecule has 2 aromatic rings. The van der Waals surface area contributed by atoms with Crippen molar-refractivity contribution in [3.05, 3.63) is 63.1 Å². The molecule has 0 bridgehead atoms. The summed E-state index contributed by atoms with van der Waals surface area (Å²) in [6, 6.07) is 6.87. The Morgan fingerprint density at radius 2 is 1.95 bits per heavy atom. The minimum Gasteiger partial charge on any atom is -0.496 e. The normalized spacial score (nSPS) is 12.3. The molecule has 0 aliphatic carbocycles. The summed E-state index contributed by atoms with van der Waals surface area (Å²) in [4.78, 5) is 0. The number of aryl methyl sites for hydroxylation is 1. The van der Waals surface area contributed by atoms with E-state index in [2.05, 4.69) is 15.9 Å². The molecule has 2 rings (SSSR count). The highest BCUT2D eigenvalue weighted by Gasteiger charge is 2.17. The van der Waals surface area contributed by atoms with Crippen molar-refractivity contribution in [2.24, 2.45) is 0 Å². The third kappa shape index (κ3) is 3.60. The number of hydrogen-bond acceptors (Lipinski definition) is 2. The molecular weight excluding hydrogens is 342 g/mol. The van der Waals surface area contributed by atoms with Gasteiger partial charge in [0.2, 0.25) is 0 Å². The van der Waals surface area contributed by atoms with Gasteiger partial charge >= 0.3 is 0 Å². The summed E-state index contributed by atoms with van der Waals surface area (Å²) in [5, 5.41) is 10.3. The van der Waals surface area contributed by atoms with Crippen molar-refractivity contribution < 1.29 is 18.6 Å².